The minimum Gasteiger partial charge on any atom is -0.447 e. The van der Waals surface area contributed by atoms with Gasteiger partial charge in [0, 0.05) is 11.8 Å². The van der Waals surface area contributed by atoms with Gasteiger partial charge in [0.1, 0.15) is 13.2 Å². The monoisotopic (exact) mass is 568 g/mol. The normalized spacial score (nSPS) is 19.7. The van der Waals surface area contributed by atoms with Crippen molar-refractivity contribution in [3.8, 4) is 0 Å². The molecule has 2 fully saturated rings. The third-order valence-corrected chi connectivity index (χ3v) is 8.07. The molecule has 2 aliphatic heterocycles. The number of amides is 4. The summed E-state index contributed by atoms with van der Waals surface area (Å²) in [4.78, 5) is 55.3. The fourth-order valence-corrected chi connectivity index (χ4v) is 5.75. The molecular weight excluding hydrogens is 532 g/mol. The zero-order valence-corrected chi connectivity index (χ0v) is 23.8. The molecule has 0 N–H and O–H groups in total. The van der Waals surface area contributed by atoms with Crippen molar-refractivity contribution in [2.75, 3.05) is 13.2 Å². The van der Waals surface area contributed by atoms with E-state index in [1.54, 1.807) is 6.92 Å². The number of hydrogen-bond donors (Lipinski definition) is 0. The van der Waals surface area contributed by atoms with Gasteiger partial charge in [-0.25, -0.2) is 19.4 Å². The minimum absolute atomic E-state index is 0.145. The number of rotatable bonds is 11. The number of nitrogens with zero attached hydrogens (tertiary/aromatic N) is 2. The Morgan fingerprint density at radius 3 is 1.57 bits per heavy atom. The highest BCUT2D eigenvalue weighted by Gasteiger charge is 2.42. The predicted molar refractivity (Wildman–Crippen MR) is 156 cm³/mol. The molecule has 42 heavy (non-hydrogen) atoms. The predicted octanol–water partition coefficient (Wildman–Crippen LogP) is 5.44. The molecule has 8 nitrogen and oxygen atoms in total. The van der Waals surface area contributed by atoms with Gasteiger partial charge in [-0.1, -0.05) is 97.9 Å². The first kappa shape index (κ1) is 29.0. The summed E-state index contributed by atoms with van der Waals surface area (Å²) in [6, 6.07) is 28.3. The highest BCUT2D eigenvalue weighted by Crippen LogP contribution is 2.27. The van der Waals surface area contributed by atoms with Crippen LogP contribution in [0, 0.1) is 11.8 Å². The lowest BCUT2D eigenvalue weighted by atomic mass is 9.89. The average molecular weight is 569 g/mol. The van der Waals surface area contributed by atoms with Gasteiger partial charge in [0.2, 0.25) is 11.8 Å². The van der Waals surface area contributed by atoms with Gasteiger partial charge < -0.3 is 9.47 Å². The van der Waals surface area contributed by atoms with Crippen LogP contribution in [0.1, 0.15) is 36.5 Å². The second-order valence-corrected chi connectivity index (χ2v) is 11.1. The molecule has 2 heterocycles. The van der Waals surface area contributed by atoms with Crippen LogP contribution in [0.15, 0.2) is 91.0 Å². The zero-order valence-electron chi connectivity index (χ0n) is 23.8. The lowest BCUT2D eigenvalue weighted by Gasteiger charge is -2.27. The molecule has 4 atom stereocenters. The maximum atomic E-state index is 14.0. The first-order valence-corrected chi connectivity index (χ1v) is 14.5. The van der Waals surface area contributed by atoms with Crippen LogP contribution >= 0.6 is 0 Å². The first-order valence-electron chi connectivity index (χ1n) is 14.5. The molecule has 2 aliphatic rings. The van der Waals surface area contributed by atoms with E-state index in [9.17, 15) is 19.2 Å². The fraction of sp³-hybridized carbons (Fsp3) is 0.353. The summed E-state index contributed by atoms with van der Waals surface area (Å²) >= 11 is 0. The largest absolute Gasteiger partial charge is 0.447 e. The summed E-state index contributed by atoms with van der Waals surface area (Å²) < 4.78 is 10.6. The second-order valence-electron chi connectivity index (χ2n) is 11.1. The summed E-state index contributed by atoms with van der Waals surface area (Å²) in [5.41, 5.74) is 3.00. The molecule has 0 aliphatic carbocycles. The van der Waals surface area contributed by atoms with E-state index < -0.39 is 30.1 Å². The van der Waals surface area contributed by atoms with Crippen LogP contribution in [0.4, 0.5) is 9.59 Å². The lowest BCUT2D eigenvalue weighted by Crippen LogP contribution is -2.45. The number of hydrogen-bond acceptors (Lipinski definition) is 6. The molecule has 3 aromatic carbocycles. The van der Waals surface area contributed by atoms with E-state index in [-0.39, 0.29) is 31.1 Å². The summed E-state index contributed by atoms with van der Waals surface area (Å²) in [5.74, 6) is -1.68. The number of carbonyl (C=O) groups is 4. The lowest BCUT2D eigenvalue weighted by molar-refractivity contribution is -0.136. The fourth-order valence-electron chi connectivity index (χ4n) is 5.75. The highest BCUT2D eigenvalue weighted by molar-refractivity contribution is 5.96. The molecule has 3 aromatic rings. The Morgan fingerprint density at radius 1 is 0.667 bits per heavy atom. The Morgan fingerprint density at radius 2 is 1.10 bits per heavy atom. The van der Waals surface area contributed by atoms with Gasteiger partial charge in [-0.3, -0.25) is 9.59 Å². The summed E-state index contributed by atoms with van der Waals surface area (Å²) in [5, 5.41) is 0. The molecule has 5 rings (SSSR count). The molecular formula is C34H36N2O6. The Hall–Kier alpha value is -4.46. The first-order chi connectivity index (χ1) is 20.4. The molecule has 218 valence electrons. The number of imide groups is 2. The van der Waals surface area contributed by atoms with Crippen LogP contribution < -0.4 is 0 Å². The maximum Gasteiger partial charge on any atom is 0.416 e. The summed E-state index contributed by atoms with van der Waals surface area (Å²) in [6.07, 6.45) is 0.917. The summed E-state index contributed by atoms with van der Waals surface area (Å²) in [7, 11) is 0. The maximum absolute atomic E-state index is 14.0. The second kappa shape index (κ2) is 13.5. The van der Waals surface area contributed by atoms with E-state index in [0.717, 1.165) is 16.7 Å². The van der Waals surface area contributed by atoms with Gasteiger partial charge in [-0.2, -0.15) is 0 Å². The Kier molecular flexibility index (Phi) is 9.31. The van der Waals surface area contributed by atoms with Crippen LogP contribution in [0.5, 0.6) is 0 Å². The standard InChI is InChI=1S/C34H36N2O6/c1-24(31(37)35-29(22-41-33(35)39)20-26-13-7-3-8-14-26)17-18-28(19-25-11-5-2-6-12-25)32(38)36-30(23-42-34(36)40)21-27-15-9-4-10-16-27/h2-16,24,28-30H,17-23H2,1H3/t24-,28?,29-,30?/m0/s1. The van der Waals surface area contributed by atoms with E-state index in [0.29, 0.717) is 32.1 Å². The van der Waals surface area contributed by atoms with Crippen LogP contribution in [0.2, 0.25) is 0 Å². The third-order valence-electron chi connectivity index (χ3n) is 8.07. The van der Waals surface area contributed by atoms with Crippen molar-refractivity contribution in [2.24, 2.45) is 11.8 Å². The molecule has 4 amide bonds. The van der Waals surface area contributed by atoms with Gasteiger partial charge in [-0.05, 0) is 48.8 Å². The van der Waals surface area contributed by atoms with Gasteiger partial charge in [0.05, 0.1) is 12.1 Å². The van der Waals surface area contributed by atoms with Crippen LogP contribution in [0.25, 0.3) is 0 Å². The van der Waals surface area contributed by atoms with E-state index in [1.807, 2.05) is 91.0 Å². The Bertz CT molecular complexity index is 1380. The van der Waals surface area contributed by atoms with Crippen molar-refractivity contribution < 1.29 is 28.7 Å². The Labute approximate surface area is 246 Å². The van der Waals surface area contributed by atoms with Gasteiger partial charge in [0.15, 0.2) is 0 Å². The van der Waals surface area contributed by atoms with Crippen LogP contribution in [-0.2, 0) is 38.3 Å². The van der Waals surface area contributed by atoms with Crippen molar-refractivity contribution in [2.45, 2.75) is 51.1 Å². The molecule has 0 aromatic heterocycles. The molecule has 0 spiro atoms. The minimum atomic E-state index is -0.633. The van der Waals surface area contributed by atoms with Crippen molar-refractivity contribution in [1.82, 2.24) is 9.80 Å². The quantitative estimate of drug-likeness (QED) is 0.306. The number of cyclic esters (lactones) is 2. The highest BCUT2D eigenvalue weighted by atomic mass is 16.6. The van der Waals surface area contributed by atoms with E-state index in [1.165, 1.54) is 9.80 Å². The van der Waals surface area contributed by atoms with E-state index in [4.69, 9.17) is 9.47 Å². The van der Waals surface area contributed by atoms with Crippen molar-refractivity contribution in [1.29, 1.82) is 0 Å². The number of benzene rings is 3. The molecule has 0 saturated carbocycles. The smallest absolute Gasteiger partial charge is 0.416 e. The summed E-state index contributed by atoms with van der Waals surface area (Å²) in [6.45, 7) is 2.08. The number of carbonyl (C=O) groups excluding carboxylic acids is 4. The van der Waals surface area contributed by atoms with E-state index >= 15 is 0 Å². The zero-order chi connectivity index (χ0) is 29.5. The SMILES string of the molecule is C[C@@H](CCC(Cc1ccccc1)C(=O)N1C(=O)OCC1Cc1ccccc1)C(=O)N1C(=O)OC[C@@H]1Cc1ccccc1. The third kappa shape index (κ3) is 6.87. The van der Waals surface area contributed by atoms with Gasteiger partial charge >= 0.3 is 12.2 Å². The van der Waals surface area contributed by atoms with Crippen molar-refractivity contribution >= 4 is 24.0 Å². The molecule has 0 radical (unpaired) electrons. The van der Waals surface area contributed by atoms with Gasteiger partial charge in [0.25, 0.3) is 0 Å². The molecule has 2 unspecified atom stereocenters. The molecule has 2 saturated heterocycles. The Balaban J connectivity index is 1.29. The average Bonchev–Trinajstić information content (AvgIpc) is 3.56. The van der Waals surface area contributed by atoms with Crippen molar-refractivity contribution in [3.63, 3.8) is 0 Å². The van der Waals surface area contributed by atoms with Crippen molar-refractivity contribution in [3.05, 3.63) is 108 Å². The van der Waals surface area contributed by atoms with Crippen LogP contribution in [-0.4, -0.2) is 59.1 Å². The molecule has 8 heteroatoms. The topological polar surface area (TPSA) is 93.2 Å². The van der Waals surface area contributed by atoms with Gasteiger partial charge in [-0.15, -0.1) is 0 Å². The number of ether oxygens (including phenoxy) is 2. The van der Waals surface area contributed by atoms with E-state index in [2.05, 4.69) is 0 Å². The molecule has 0 bridgehead atoms. The van der Waals surface area contributed by atoms with Crippen LogP contribution in [0.3, 0.4) is 0 Å².